The van der Waals surface area contributed by atoms with Gasteiger partial charge in [0.25, 0.3) is 0 Å². The monoisotopic (exact) mass is 316 g/mol. The van der Waals surface area contributed by atoms with Crippen molar-refractivity contribution in [2.45, 2.75) is 11.4 Å². The Labute approximate surface area is 119 Å². The van der Waals surface area contributed by atoms with Crippen LogP contribution in [0.5, 0.6) is 0 Å². The number of halogens is 3. The molecule has 2 aromatic rings. The summed E-state index contributed by atoms with van der Waals surface area (Å²) in [6.07, 6.45) is 0. The van der Waals surface area contributed by atoms with E-state index in [1.807, 2.05) is 0 Å². The van der Waals surface area contributed by atoms with E-state index >= 15 is 0 Å². The van der Waals surface area contributed by atoms with E-state index in [-0.39, 0.29) is 11.3 Å². The van der Waals surface area contributed by atoms with Gasteiger partial charge in [-0.05, 0) is 24.3 Å². The maximum absolute atomic E-state index is 13.4. The van der Waals surface area contributed by atoms with E-state index in [9.17, 15) is 21.6 Å². The molecule has 0 amide bonds. The summed E-state index contributed by atoms with van der Waals surface area (Å²) in [5, 5.41) is 0. The molecule has 0 unspecified atom stereocenters. The number of nitrogen functional groups attached to an aromatic ring is 1. The molecule has 0 aromatic heterocycles. The van der Waals surface area contributed by atoms with Gasteiger partial charge in [-0.3, -0.25) is 0 Å². The van der Waals surface area contributed by atoms with E-state index in [1.165, 1.54) is 0 Å². The van der Waals surface area contributed by atoms with Crippen LogP contribution in [0.15, 0.2) is 41.3 Å². The van der Waals surface area contributed by atoms with Crippen molar-refractivity contribution < 1.29 is 21.6 Å². The zero-order valence-electron chi connectivity index (χ0n) is 10.6. The molecule has 4 nitrogen and oxygen atoms in total. The number of rotatable bonds is 4. The van der Waals surface area contributed by atoms with Gasteiger partial charge < -0.3 is 5.73 Å². The number of anilines is 1. The second kappa shape index (κ2) is 5.74. The van der Waals surface area contributed by atoms with Gasteiger partial charge in [-0.25, -0.2) is 26.3 Å². The highest BCUT2D eigenvalue weighted by molar-refractivity contribution is 7.89. The molecule has 0 spiro atoms. The number of hydrogen-bond acceptors (Lipinski definition) is 3. The lowest BCUT2D eigenvalue weighted by Crippen LogP contribution is -2.24. The van der Waals surface area contributed by atoms with Gasteiger partial charge in [0, 0.05) is 18.2 Å². The first-order chi connectivity index (χ1) is 9.79. The van der Waals surface area contributed by atoms with Crippen molar-refractivity contribution >= 4 is 15.7 Å². The van der Waals surface area contributed by atoms with Crippen LogP contribution in [0.3, 0.4) is 0 Å². The highest BCUT2D eigenvalue weighted by Gasteiger charge is 2.18. The maximum atomic E-state index is 13.4. The standard InChI is InChI=1S/C13H11F3N2O2S/c14-9-2-1-8(11(16)5-9)7-18-21(19,20)13-6-10(15)3-4-12(13)17/h1-6,18H,7,17H2. The Hall–Kier alpha value is -2.06. The van der Waals surface area contributed by atoms with E-state index in [1.54, 1.807) is 0 Å². The zero-order chi connectivity index (χ0) is 15.6. The van der Waals surface area contributed by atoms with Crippen LogP contribution in [0.2, 0.25) is 0 Å². The fourth-order valence-electron chi connectivity index (χ4n) is 1.66. The lowest BCUT2D eigenvalue weighted by atomic mass is 10.2. The van der Waals surface area contributed by atoms with Gasteiger partial charge in [0.2, 0.25) is 10.0 Å². The van der Waals surface area contributed by atoms with Crippen LogP contribution < -0.4 is 10.5 Å². The molecule has 0 bridgehead atoms. The molecule has 0 saturated carbocycles. The zero-order valence-corrected chi connectivity index (χ0v) is 11.4. The van der Waals surface area contributed by atoms with Gasteiger partial charge in [0.15, 0.2) is 0 Å². The van der Waals surface area contributed by atoms with Crippen molar-refractivity contribution in [2.24, 2.45) is 0 Å². The molecule has 0 fully saturated rings. The summed E-state index contributed by atoms with van der Waals surface area (Å²) in [5.74, 6) is -2.42. The van der Waals surface area contributed by atoms with Crippen molar-refractivity contribution in [2.75, 3.05) is 5.73 Å². The first-order valence-electron chi connectivity index (χ1n) is 5.78. The molecule has 0 aliphatic carbocycles. The third kappa shape index (κ3) is 3.53. The van der Waals surface area contributed by atoms with Gasteiger partial charge in [0.05, 0.1) is 5.69 Å². The molecular formula is C13H11F3N2O2S. The Morgan fingerprint density at radius 3 is 2.29 bits per heavy atom. The number of sulfonamides is 1. The third-order valence-corrected chi connectivity index (χ3v) is 4.19. The van der Waals surface area contributed by atoms with Gasteiger partial charge in [-0.2, -0.15) is 0 Å². The number of nitrogens with two attached hydrogens (primary N) is 1. The Morgan fingerprint density at radius 1 is 1.00 bits per heavy atom. The minimum Gasteiger partial charge on any atom is -0.398 e. The second-order valence-electron chi connectivity index (χ2n) is 4.24. The van der Waals surface area contributed by atoms with Crippen molar-refractivity contribution in [1.82, 2.24) is 4.72 Å². The maximum Gasteiger partial charge on any atom is 0.243 e. The molecular weight excluding hydrogens is 305 g/mol. The number of nitrogens with one attached hydrogen (secondary N) is 1. The van der Waals surface area contributed by atoms with Gasteiger partial charge in [-0.1, -0.05) is 6.07 Å². The predicted octanol–water partition coefficient (Wildman–Crippen LogP) is 2.16. The van der Waals surface area contributed by atoms with Crippen LogP contribution in [0, 0.1) is 17.5 Å². The van der Waals surface area contributed by atoms with Crippen LogP contribution in [0.1, 0.15) is 5.56 Å². The van der Waals surface area contributed by atoms with Crippen LogP contribution in [0.4, 0.5) is 18.9 Å². The molecule has 0 aliphatic heterocycles. The minimum absolute atomic E-state index is 0.0463. The molecule has 21 heavy (non-hydrogen) atoms. The van der Waals surface area contributed by atoms with Crippen molar-refractivity contribution in [1.29, 1.82) is 0 Å². The molecule has 3 N–H and O–H groups in total. The van der Waals surface area contributed by atoms with Crippen molar-refractivity contribution in [3.8, 4) is 0 Å². The molecule has 2 aromatic carbocycles. The Balaban J connectivity index is 2.24. The van der Waals surface area contributed by atoms with Crippen LogP contribution in [-0.2, 0) is 16.6 Å². The van der Waals surface area contributed by atoms with E-state index < -0.39 is 38.9 Å². The number of hydrogen-bond donors (Lipinski definition) is 2. The lowest BCUT2D eigenvalue weighted by Gasteiger charge is -2.10. The molecule has 8 heteroatoms. The highest BCUT2D eigenvalue weighted by Crippen LogP contribution is 2.19. The fraction of sp³-hybridized carbons (Fsp3) is 0.0769. The number of benzene rings is 2. The molecule has 112 valence electrons. The highest BCUT2D eigenvalue weighted by atomic mass is 32.2. The first kappa shape index (κ1) is 15.3. The molecule has 2 rings (SSSR count). The van der Waals surface area contributed by atoms with Crippen molar-refractivity contribution in [3.05, 3.63) is 59.4 Å². The fourth-order valence-corrected chi connectivity index (χ4v) is 2.80. The molecule has 0 aliphatic rings. The summed E-state index contributed by atoms with van der Waals surface area (Å²) in [4.78, 5) is -0.440. The van der Waals surface area contributed by atoms with Crippen LogP contribution >= 0.6 is 0 Å². The summed E-state index contributed by atoms with van der Waals surface area (Å²) in [6, 6.07) is 5.65. The average molecular weight is 316 g/mol. The Bertz CT molecular complexity index is 779. The molecule has 0 heterocycles. The van der Waals surface area contributed by atoms with E-state index in [2.05, 4.69) is 4.72 Å². The summed E-state index contributed by atoms with van der Waals surface area (Å²) < 4.78 is 65.3. The quantitative estimate of drug-likeness (QED) is 0.849. The Kier molecular flexibility index (Phi) is 4.19. The normalized spacial score (nSPS) is 11.6. The minimum atomic E-state index is -4.11. The largest absolute Gasteiger partial charge is 0.398 e. The summed E-state index contributed by atoms with van der Waals surface area (Å²) in [5.41, 5.74) is 5.30. The first-order valence-corrected chi connectivity index (χ1v) is 7.26. The van der Waals surface area contributed by atoms with Crippen LogP contribution in [-0.4, -0.2) is 8.42 Å². The smallest absolute Gasteiger partial charge is 0.243 e. The van der Waals surface area contributed by atoms with E-state index in [4.69, 9.17) is 5.73 Å². The summed E-state index contributed by atoms with van der Waals surface area (Å²) in [7, 11) is -4.11. The lowest BCUT2D eigenvalue weighted by molar-refractivity contribution is 0.561. The van der Waals surface area contributed by atoms with Crippen LogP contribution in [0.25, 0.3) is 0 Å². The van der Waals surface area contributed by atoms with Gasteiger partial charge in [-0.15, -0.1) is 0 Å². The van der Waals surface area contributed by atoms with Crippen molar-refractivity contribution in [3.63, 3.8) is 0 Å². The van der Waals surface area contributed by atoms with E-state index in [0.29, 0.717) is 6.07 Å². The van der Waals surface area contributed by atoms with E-state index in [0.717, 1.165) is 30.3 Å². The van der Waals surface area contributed by atoms with Gasteiger partial charge in [0.1, 0.15) is 22.3 Å². The summed E-state index contributed by atoms with van der Waals surface area (Å²) >= 11 is 0. The SMILES string of the molecule is Nc1ccc(F)cc1S(=O)(=O)NCc1ccc(F)cc1F. The third-order valence-electron chi connectivity index (χ3n) is 2.73. The molecule has 0 atom stereocenters. The second-order valence-corrected chi connectivity index (χ2v) is 5.98. The Morgan fingerprint density at radius 2 is 1.62 bits per heavy atom. The topological polar surface area (TPSA) is 72.2 Å². The summed E-state index contributed by atoms with van der Waals surface area (Å²) in [6.45, 7) is -0.412. The molecule has 0 radical (unpaired) electrons. The van der Waals surface area contributed by atoms with Gasteiger partial charge >= 0.3 is 0 Å². The predicted molar refractivity (Wildman–Crippen MR) is 71.2 cm³/mol. The average Bonchev–Trinajstić information content (AvgIpc) is 2.40. The molecule has 0 saturated heterocycles.